The van der Waals surface area contributed by atoms with E-state index in [1.54, 1.807) is 24.3 Å². The lowest BCUT2D eigenvalue weighted by Gasteiger charge is -2.23. The van der Waals surface area contributed by atoms with Crippen LogP contribution in [0.25, 0.3) is 0 Å². The van der Waals surface area contributed by atoms with Gasteiger partial charge in [-0.05, 0) is 18.2 Å². The van der Waals surface area contributed by atoms with Crippen molar-refractivity contribution in [2.45, 2.75) is 6.23 Å². The van der Waals surface area contributed by atoms with E-state index in [9.17, 15) is 9.90 Å². The first-order valence-electron chi connectivity index (χ1n) is 5.51. The molecule has 0 fully saturated rings. The molecule has 0 bridgehead atoms. The number of halogens is 2. The van der Waals surface area contributed by atoms with Crippen LogP contribution < -0.4 is 4.90 Å². The lowest BCUT2D eigenvalue weighted by atomic mass is 10.2. The van der Waals surface area contributed by atoms with Crippen LogP contribution in [0.4, 0.5) is 5.69 Å². The lowest BCUT2D eigenvalue weighted by molar-refractivity contribution is 0.0935. The summed E-state index contributed by atoms with van der Waals surface area (Å²) < 4.78 is 0. The molecule has 0 radical (unpaired) electrons. The van der Waals surface area contributed by atoms with Crippen LogP contribution in [-0.4, -0.2) is 16.0 Å². The third-order valence-electron chi connectivity index (χ3n) is 3.00. The van der Waals surface area contributed by atoms with Crippen molar-refractivity contribution >= 4 is 34.8 Å². The second-order valence-electron chi connectivity index (χ2n) is 4.08. The third kappa shape index (κ3) is 1.80. The highest BCUT2D eigenvalue weighted by atomic mass is 35.5. The van der Waals surface area contributed by atoms with E-state index in [0.717, 1.165) is 0 Å². The summed E-state index contributed by atoms with van der Waals surface area (Å²) in [4.78, 5) is 17.4. The van der Waals surface area contributed by atoms with Crippen LogP contribution in [0.5, 0.6) is 0 Å². The number of para-hydroxylation sites is 1. The van der Waals surface area contributed by atoms with Crippen LogP contribution in [-0.2, 0) is 0 Å². The molecule has 1 N–H and O–H groups in total. The molecule has 6 heteroatoms. The first-order valence-corrected chi connectivity index (χ1v) is 6.26. The molecular weight excluding hydrogens is 287 g/mol. The number of benzene rings is 1. The minimum atomic E-state index is -1.13. The number of anilines is 1. The first kappa shape index (κ1) is 12.4. The lowest BCUT2D eigenvalue weighted by Crippen LogP contribution is -2.28. The maximum absolute atomic E-state index is 12.3. The summed E-state index contributed by atoms with van der Waals surface area (Å²) in [5.41, 5.74) is 1.15. The number of hydrogen-bond acceptors (Lipinski definition) is 3. The monoisotopic (exact) mass is 294 g/mol. The maximum atomic E-state index is 12.3. The number of rotatable bonds is 1. The molecule has 1 atom stereocenters. The Kier molecular flexibility index (Phi) is 2.93. The summed E-state index contributed by atoms with van der Waals surface area (Å²) in [5.74, 6) is -0.347. The van der Waals surface area contributed by atoms with Gasteiger partial charge in [0.05, 0.1) is 21.3 Å². The number of aromatic nitrogens is 1. The highest BCUT2D eigenvalue weighted by molar-refractivity contribution is 6.40. The van der Waals surface area contributed by atoms with Crippen LogP contribution in [0.15, 0.2) is 36.7 Å². The van der Waals surface area contributed by atoms with Crippen molar-refractivity contribution in [3.8, 4) is 0 Å². The second-order valence-corrected chi connectivity index (χ2v) is 4.90. The number of nitrogens with zero attached hydrogens (tertiary/aromatic N) is 2. The van der Waals surface area contributed by atoms with Crippen LogP contribution in [0, 0.1) is 0 Å². The Bertz CT molecular complexity index is 655. The summed E-state index contributed by atoms with van der Waals surface area (Å²) >= 11 is 12.2. The predicted octanol–water partition coefficient (Wildman–Crippen LogP) is 3.04. The number of hydrogen-bond donors (Lipinski definition) is 1. The minimum Gasteiger partial charge on any atom is -0.369 e. The summed E-state index contributed by atoms with van der Waals surface area (Å²) in [5, 5.41) is 10.9. The molecule has 0 spiro atoms. The minimum absolute atomic E-state index is 0.305. The molecular formula is C13H8Cl2N2O2. The van der Waals surface area contributed by atoms with Crippen molar-refractivity contribution in [3.63, 3.8) is 0 Å². The van der Waals surface area contributed by atoms with E-state index in [-0.39, 0.29) is 5.91 Å². The molecule has 4 nitrogen and oxygen atoms in total. The highest BCUT2D eigenvalue weighted by Gasteiger charge is 2.38. The molecule has 3 rings (SSSR count). The molecule has 19 heavy (non-hydrogen) atoms. The van der Waals surface area contributed by atoms with E-state index in [0.29, 0.717) is 26.9 Å². The summed E-state index contributed by atoms with van der Waals surface area (Å²) in [6.07, 6.45) is 1.83. The van der Waals surface area contributed by atoms with Gasteiger partial charge in [0.1, 0.15) is 0 Å². The Hall–Kier alpha value is -1.62. The Morgan fingerprint density at radius 1 is 1.21 bits per heavy atom. The number of amides is 1. The normalized spacial score (nSPS) is 17.7. The van der Waals surface area contributed by atoms with E-state index in [1.165, 1.54) is 17.3 Å². The molecule has 0 saturated heterocycles. The third-order valence-corrected chi connectivity index (χ3v) is 3.61. The summed E-state index contributed by atoms with van der Waals surface area (Å²) in [6, 6.07) is 6.47. The van der Waals surface area contributed by atoms with Gasteiger partial charge in [0.15, 0.2) is 6.23 Å². The molecule has 1 aromatic heterocycles. The van der Waals surface area contributed by atoms with E-state index >= 15 is 0 Å². The fourth-order valence-corrected chi connectivity index (χ4v) is 2.71. The molecule has 2 aromatic rings. The van der Waals surface area contributed by atoms with Gasteiger partial charge in [0.25, 0.3) is 5.91 Å². The van der Waals surface area contributed by atoms with Crippen molar-refractivity contribution in [1.29, 1.82) is 0 Å². The number of aliphatic hydroxyl groups excluding tert-OH is 1. The fourth-order valence-electron chi connectivity index (χ4n) is 2.13. The SMILES string of the molecule is O=C1c2ccncc2[C@@H](O)N1c1c(Cl)cccc1Cl. The highest BCUT2D eigenvalue weighted by Crippen LogP contribution is 2.42. The molecule has 1 aromatic carbocycles. The van der Waals surface area contributed by atoms with E-state index in [1.807, 2.05) is 0 Å². The molecule has 0 saturated carbocycles. The Morgan fingerprint density at radius 2 is 1.89 bits per heavy atom. The molecule has 2 heterocycles. The Morgan fingerprint density at radius 3 is 2.53 bits per heavy atom. The van der Waals surface area contributed by atoms with Crippen LogP contribution >= 0.6 is 23.2 Å². The van der Waals surface area contributed by atoms with Gasteiger partial charge in [-0.2, -0.15) is 0 Å². The summed E-state index contributed by atoms with van der Waals surface area (Å²) in [7, 11) is 0. The van der Waals surface area contributed by atoms with Crippen molar-refractivity contribution < 1.29 is 9.90 Å². The van der Waals surface area contributed by atoms with Crippen molar-refractivity contribution in [2.24, 2.45) is 0 Å². The van der Waals surface area contributed by atoms with Gasteiger partial charge in [-0.25, -0.2) is 0 Å². The second kappa shape index (κ2) is 4.49. The molecule has 0 aliphatic carbocycles. The molecule has 1 amide bonds. The van der Waals surface area contributed by atoms with E-state index in [4.69, 9.17) is 23.2 Å². The van der Waals surface area contributed by atoms with Gasteiger partial charge in [-0.1, -0.05) is 29.3 Å². The average molecular weight is 295 g/mol. The predicted molar refractivity (Wildman–Crippen MR) is 72.5 cm³/mol. The number of carbonyl (C=O) groups excluding carboxylic acids is 1. The fraction of sp³-hybridized carbons (Fsp3) is 0.0769. The van der Waals surface area contributed by atoms with Gasteiger partial charge in [0, 0.05) is 18.0 Å². The van der Waals surface area contributed by atoms with Gasteiger partial charge < -0.3 is 5.11 Å². The molecule has 1 aliphatic heterocycles. The van der Waals surface area contributed by atoms with Crippen molar-refractivity contribution in [2.75, 3.05) is 4.90 Å². The number of carbonyl (C=O) groups is 1. The standard InChI is InChI=1S/C13H8Cl2N2O2/c14-9-2-1-3-10(15)11(9)17-12(18)7-4-5-16-6-8(7)13(17)19/h1-6,13,19H/t13-/m1/s1. The zero-order chi connectivity index (χ0) is 13.6. The number of fused-ring (bicyclic) bond motifs is 1. The average Bonchev–Trinajstić information content (AvgIpc) is 2.64. The summed E-state index contributed by atoms with van der Waals surface area (Å²) in [6.45, 7) is 0. The van der Waals surface area contributed by atoms with Crippen LogP contribution in [0.1, 0.15) is 22.1 Å². The van der Waals surface area contributed by atoms with Gasteiger partial charge in [-0.15, -0.1) is 0 Å². The van der Waals surface area contributed by atoms with E-state index in [2.05, 4.69) is 4.98 Å². The smallest absolute Gasteiger partial charge is 0.261 e. The Balaban J connectivity index is 2.17. The van der Waals surface area contributed by atoms with Gasteiger partial charge in [-0.3, -0.25) is 14.7 Å². The van der Waals surface area contributed by atoms with Crippen LogP contribution in [0.3, 0.4) is 0 Å². The zero-order valence-electron chi connectivity index (χ0n) is 9.55. The van der Waals surface area contributed by atoms with Crippen molar-refractivity contribution in [1.82, 2.24) is 4.98 Å². The topological polar surface area (TPSA) is 53.4 Å². The van der Waals surface area contributed by atoms with Crippen LogP contribution in [0.2, 0.25) is 10.0 Å². The van der Waals surface area contributed by atoms with Gasteiger partial charge >= 0.3 is 0 Å². The van der Waals surface area contributed by atoms with E-state index < -0.39 is 6.23 Å². The molecule has 0 unspecified atom stereocenters. The quantitative estimate of drug-likeness (QED) is 0.879. The first-order chi connectivity index (χ1) is 9.11. The zero-order valence-corrected chi connectivity index (χ0v) is 11.1. The Labute approximate surface area is 119 Å². The largest absolute Gasteiger partial charge is 0.369 e. The number of aliphatic hydroxyl groups is 1. The molecule has 1 aliphatic rings. The van der Waals surface area contributed by atoms with Crippen molar-refractivity contribution in [3.05, 3.63) is 57.8 Å². The van der Waals surface area contributed by atoms with Gasteiger partial charge in [0.2, 0.25) is 0 Å². The molecule has 96 valence electrons. The number of pyridine rings is 1. The maximum Gasteiger partial charge on any atom is 0.261 e.